The van der Waals surface area contributed by atoms with Crippen LogP contribution in [0.4, 0.5) is 11.4 Å². The number of carbonyl (C=O) groups is 1. The average molecular weight is 354 g/mol. The zero-order valence-corrected chi connectivity index (χ0v) is 14.3. The summed E-state index contributed by atoms with van der Waals surface area (Å²) in [6.45, 7) is 3.39. The average Bonchev–Trinajstić information content (AvgIpc) is 2.99. The third kappa shape index (κ3) is 3.53. The number of pyridine rings is 1. The van der Waals surface area contributed by atoms with Gasteiger partial charge in [-0.25, -0.2) is 4.98 Å². The number of nitro benzene ring substituents is 1. The predicted octanol–water partition coefficient (Wildman–Crippen LogP) is 3.98. The largest absolute Gasteiger partial charge is 0.321 e. The molecule has 7 nitrogen and oxygen atoms in total. The standard InChI is InChI=1S/C17H14N4O3S/c1-10-6-7-12(9-14(10)21(23)24)20-16(22)15-11(2)19-17(25-15)13-5-3-4-8-18-13/h3-9H,1-2H3,(H,20,22). The normalized spacial score (nSPS) is 10.5. The molecule has 0 saturated heterocycles. The number of nitrogens with one attached hydrogen (secondary N) is 1. The SMILES string of the molecule is Cc1ccc(NC(=O)c2sc(-c3ccccn3)nc2C)cc1[N+](=O)[O-]. The highest BCUT2D eigenvalue weighted by Crippen LogP contribution is 2.28. The molecule has 126 valence electrons. The third-order valence-electron chi connectivity index (χ3n) is 3.55. The van der Waals surface area contributed by atoms with Crippen molar-refractivity contribution in [3.63, 3.8) is 0 Å². The van der Waals surface area contributed by atoms with Gasteiger partial charge in [-0.3, -0.25) is 19.9 Å². The van der Waals surface area contributed by atoms with Crippen molar-refractivity contribution < 1.29 is 9.72 Å². The Labute approximate surface area is 147 Å². The van der Waals surface area contributed by atoms with Crippen LogP contribution in [0.5, 0.6) is 0 Å². The molecular weight excluding hydrogens is 340 g/mol. The van der Waals surface area contributed by atoms with Crippen LogP contribution < -0.4 is 5.32 Å². The van der Waals surface area contributed by atoms with Crippen LogP contribution in [0.2, 0.25) is 0 Å². The fourth-order valence-electron chi connectivity index (χ4n) is 2.28. The minimum atomic E-state index is -0.470. The summed E-state index contributed by atoms with van der Waals surface area (Å²) in [6, 6.07) is 10.1. The molecule has 1 aromatic carbocycles. The van der Waals surface area contributed by atoms with Gasteiger partial charge in [0.1, 0.15) is 9.88 Å². The number of anilines is 1. The Hall–Kier alpha value is -3.13. The summed E-state index contributed by atoms with van der Waals surface area (Å²) < 4.78 is 0. The van der Waals surface area contributed by atoms with Gasteiger partial charge in [-0.1, -0.05) is 12.1 Å². The van der Waals surface area contributed by atoms with Gasteiger partial charge >= 0.3 is 0 Å². The van der Waals surface area contributed by atoms with Crippen LogP contribution in [0.15, 0.2) is 42.6 Å². The molecule has 0 fully saturated rings. The second kappa shape index (κ2) is 6.78. The number of thiazole rings is 1. The van der Waals surface area contributed by atoms with Crippen LogP contribution in [-0.4, -0.2) is 20.8 Å². The Morgan fingerprint density at radius 1 is 1.24 bits per heavy atom. The lowest BCUT2D eigenvalue weighted by Crippen LogP contribution is -2.11. The van der Waals surface area contributed by atoms with Crippen LogP contribution in [0.25, 0.3) is 10.7 Å². The van der Waals surface area contributed by atoms with Gasteiger partial charge in [0.15, 0.2) is 0 Å². The molecule has 3 rings (SSSR count). The molecule has 1 amide bonds. The molecule has 0 spiro atoms. The van der Waals surface area contributed by atoms with Crippen molar-refractivity contribution in [2.45, 2.75) is 13.8 Å². The molecular formula is C17H14N4O3S. The van der Waals surface area contributed by atoms with Crippen molar-refractivity contribution in [2.24, 2.45) is 0 Å². The molecule has 0 bridgehead atoms. The number of hydrogen-bond acceptors (Lipinski definition) is 6. The maximum atomic E-state index is 12.5. The van der Waals surface area contributed by atoms with Gasteiger partial charge in [0.05, 0.1) is 16.3 Å². The summed E-state index contributed by atoms with van der Waals surface area (Å²) >= 11 is 1.23. The van der Waals surface area contributed by atoms with E-state index >= 15 is 0 Å². The summed E-state index contributed by atoms with van der Waals surface area (Å²) in [5.41, 5.74) is 2.15. The third-order valence-corrected chi connectivity index (χ3v) is 4.73. The number of amides is 1. The van der Waals surface area contributed by atoms with E-state index in [1.54, 1.807) is 32.2 Å². The van der Waals surface area contributed by atoms with Gasteiger partial charge in [0, 0.05) is 23.5 Å². The maximum Gasteiger partial charge on any atom is 0.274 e. The van der Waals surface area contributed by atoms with Crippen LogP contribution in [-0.2, 0) is 0 Å². The van der Waals surface area contributed by atoms with E-state index in [0.29, 0.717) is 32.5 Å². The second-order valence-electron chi connectivity index (χ2n) is 5.36. The molecule has 1 N–H and O–H groups in total. The topological polar surface area (TPSA) is 98.0 Å². The maximum absolute atomic E-state index is 12.5. The van der Waals surface area contributed by atoms with E-state index in [1.165, 1.54) is 17.4 Å². The molecule has 25 heavy (non-hydrogen) atoms. The van der Waals surface area contributed by atoms with Crippen LogP contribution >= 0.6 is 11.3 Å². The summed E-state index contributed by atoms with van der Waals surface area (Å²) in [4.78, 5) is 32.1. The first-order chi connectivity index (χ1) is 12.0. The summed E-state index contributed by atoms with van der Waals surface area (Å²) in [6.07, 6.45) is 1.66. The summed E-state index contributed by atoms with van der Waals surface area (Å²) in [5, 5.41) is 14.4. The first-order valence-corrected chi connectivity index (χ1v) is 8.22. The Morgan fingerprint density at radius 3 is 2.72 bits per heavy atom. The van der Waals surface area contributed by atoms with E-state index in [2.05, 4.69) is 15.3 Å². The van der Waals surface area contributed by atoms with Crippen molar-refractivity contribution in [3.8, 4) is 10.7 Å². The van der Waals surface area contributed by atoms with Crippen molar-refractivity contribution in [2.75, 3.05) is 5.32 Å². The van der Waals surface area contributed by atoms with Gasteiger partial charge in [0.2, 0.25) is 0 Å². The number of aromatic nitrogens is 2. The number of benzene rings is 1. The van der Waals surface area contributed by atoms with Gasteiger partial charge in [-0.05, 0) is 32.0 Å². The zero-order chi connectivity index (χ0) is 18.0. The number of carbonyl (C=O) groups excluding carboxylic acids is 1. The number of aryl methyl sites for hydroxylation is 2. The van der Waals surface area contributed by atoms with E-state index in [4.69, 9.17) is 0 Å². The Bertz CT molecular complexity index is 954. The fraction of sp³-hybridized carbons (Fsp3) is 0.118. The van der Waals surface area contributed by atoms with Crippen molar-refractivity contribution >= 4 is 28.6 Å². The Balaban J connectivity index is 1.86. The van der Waals surface area contributed by atoms with Crippen LogP contribution in [0, 0.1) is 24.0 Å². The molecule has 2 heterocycles. The lowest BCUT2D eigenvalue weighted by Gasteiger charge is -2.05. The van der Waals surface area contributed by atoms with Gasteiger partial charge < -0.3 is 5.32 Å². The molecule has 0 atom stereocenters. The fourth-order valence-corrected chi connectivity index (χ4v) is 3.22. The van der Waals surface area contributed by atoms with Crippen molar-refractivity contribution in [1.82, 2.24) is 9.97 Å². The quantitative estimate of drug-likeness (QED) is 0.564. The zero-order valence-electron chi connectivity index (χ0n) is 13.5. The first-order valence-electron chi connectivity index (χ1n) is 7.41. The molecule has 0 radical (unpaired) electrons. The van der Waals surface area contributed by atoms with Crippen LogP contribution in [0.1, 0.15) is 20.9 Å². The molecule has 0 unspecified atom stereocenters. The second-order valence-corrected chi connectivity index (χ2v) is 6.36. The summed E-state index contributed by atoms with van der Waals surface area (Å²) in [5.74, 6) is -0.352. The number of nitro groups is 1. The number of nitrogens with zero attached hydrogens (tertiary/aromatic N) is 3. The summed E-state index contributed by atoms with van der Waals surface area (Å²) in [7, 11) is 0. The van der Waals surface area contributed by atoms with E-state index in [9.17, 15) is 14.9 Å². The van der Waals surface area contributed by atoms with Crippen molar-refractivity contribution in [3.05, 3.63) is 68.8 Å². The highest BCUT2D eigenvalue weighted by molar-refractivity contribution is 7.17. The van der Waals surface area contributed by atoms with Gasteiger partial charge in [-0.15, -0.1) is 11.3 Å². The van der Waals surface area contributed by atoms with Crippen molar-refractivity contribution in [1.29, 1.82) is 0 Å². The Morgan fingerprint density at radius 2 is 2.04 bits per heavy atom. The highest BCUT2D eigenvalue weighted by atomic mass is 32.1. The smallest absolute Gasteiger partial charge is 0.274 e. The molecule has 0 saturated carbocycles. The lowest BCUT2D eigenvalue weighted by atomic mass is 10.2. The molecule has 2 aromatic heterocycles. The van der Waals surface area contributed by atoms with E-state index in [1.807, 2.05) is 18.2 Å². The lowest BCUT2D eigenvalue weighted by molar-refractivity contribution is -0.385. The predicted molar refractivity (Wildman–Crippen MR) is 95.9 cm³/mol. The monoisotopic (exact) mass is 354 g/mol. The molecule has 0 aliphatic carbocycles. The molecule has 0 aliphatic rings. The minimum absolute atomic E-state index is 0.0343. The molecule has 0 aliphatic heterocycles. The highest BCUT2D eigenvalue weighted by Gasteiger charge is 2.18. The van der Waals surface area contributed by atoms with E-state index in [-0.39, 0.29) is 11.6 Å². The van der Waals surface area contributed by atoms with E-state index in [0.717, 1.165) is 0 Å². The number of hydrogen-bond donors (Lipinski definition) is 1. The first kappa shape index (κ1) is 16.7. The number of rotatable bonds is 4. The van der Waals surface area contributed by atoms with Gasteiger partial charge in [0.25, 0.3) is 11.6 Å². The minimum Gasteiger partial charge on any atom is -0.321 e. The van der Waals surface area contributed by atoms with Crippen LogP contribution in [0.3, 0.4) is 0 Å². The molecule has 3 aromatic rings. The molecule has 8 heteroatoms. The van der Waals surface area contributed by atoms with E-state index < -0.39 is 4.92 Å². The Kier molecular flexibility index (Phi) is 4.53. The van der Waals surface area contributed by atoms with Gasteiger partial charge in [-0.2, -0.15) is 0 Å².